The normalized spacial score (nSPS) is 13.0. The number of aromatic nitrogens is 1. The van der Waals surface area contributed by atoms with Gasteiger partial charge in [-0.1, -0.05) is 24.3 Å². The SMILES string of the molecule is CC(NC(=O)CSCc1nc2ccccc2s1)c1ccc(S(=O)(=O)N(C)C)cc1. The topological polar surface area (TPSA) is 79.4 Å². The Hall–Kier alpha value is -1.94. The van der Waals surface area contributed by atoms with Crippen LogP contribution < -0.4 is 5.32 Å². The maximum atomic E-state index is 12.3. The van der Waals surface area contributed by atoms with Gasteiger partial charge >= 0.3 is 0 Å². The van der Waals surface area contributed by atoms with E-state index in [1.165, 1.54) is 30.2 Å². The molecule has 0 saturated carbocycles. The number of nitrogens with one attached hydrogen (secondary N) is 1. The molecule has 1 aromatic heterocycles. The van der Waals surface area contributed by atoms with Gasteiger partial charge in [0.25, 0.3) is 0 Å². The molecule has 6 nitrogen and oxygen atoms in total. The van der Waals surface area contributed by atoms with E-state index >= 15 is 0 Å². The van der Waals surface area contributed by atoms with E-state index in [1.807, 2.05) is 31.2 Å². The Morgan fingerprint density at radius 2 is 1.86 bits per heavy atom. The van der Waals surface area contributed by atoms with E-state index in [2.05, 4.69) is 10.3 Å². The largest absolute Gasteiger partial charge is 0.349 e. The van der Waals surface area contributed by atoms with Crippen LogP contribution in [0.2, 0.25) is 0 Å². The highest BCUT2D eigenvalue weighted by molar-refractivity contribution is 7.99. The fourth-order valence-corrected chi connectivity index (χ4v) is 5.48. The summed E-state index contributed by atoms with van der Waals surface area (Å²) in [5.74, 6) is 0.972. The third-order valence-electron chi connectivity index (χ3n) is 4.33. The molecule has 3 rings (SSSR count). The van der Waals surface area contributed by atoms with Crippen LogP contribution in [0.5, 0.6) is 0 Å². The number of carbonyl (C=O) groups excluding carboxylic acids is 1. The van der Waals surface area contributed by atoms with Gasteiger partial charge in [0.05, 0.1) is 26.9 Å². The van der Waals surface area contributed by atoms with Crippen molar-refractivity contribution >= 4 is 49.2 Å². The van der Waals surface area contributed by atoms with E-state index in [1.54, 1.807) is 35.6 Å². The molecule has 2 aromatic carbocycles. The Balaban J connectivity index is 1.51. The van der Waals surface area contributed by atoms with E-state index in [0.717, 1.165) is 20.8 Å². The molecule has 0 radical (unpaired) electrons. The molecule has 1 atom stereocenters. The van der Waals surface area contributed by atoms with Crippen LogP contribution in [0, 0.1) is 0 Å². The van der Waals surface area contributed by atoms with E-state index < -0.39 is 10.0 Å². The second-order valence-corrected chi connectivity index (χ2v) is 11.0. The zero-order valence-corrected chi connectivity index (χ0v) is 18.9. The van der Waals surface area contributed by atoms with Gasteiger partial charge in [-0.15, -0.1) is 23.1 Å². The first-order chi connectivity index (χ1) is 13.8. The first kappa shape index (κ1) is 21.8. The van der Waals surface area contributed by atoms with Crippen LogP contribution in [0.15, 0.2) is 53.4 Å². The van der Waals surface area contributed by atoms with E-state index in [4.69, 9.17) is 0 Å². The smallest absolute Gasteiger partial charge is 0.242 e. The van der Waals surface area contributed by atoms with Gasteiger partial charge in [-0.25, -0.2) is 17.7 Å². The number of carbonyl (C=O) groups is 1. The molecule has 1 unspecified atom stereocenters. The van der Waals surface area contributed by atoms with Crippen molar-refractivity contribution in [2.45, 2.75) is 23.6 Å². The van der Waals surface area contributed by atoms with Crippen molar-refractivity contribution in [2.75, 3.05) is 19.8 Å². The number of sulfonamides is 1. The maximum absolute atomic E-state index is 12.3. The van der Waals surface area contributed by atoms with Gasteiger partial charge in [0.15, 0.2) is 0 Å². The van der Waals surface area contributed by atoms with Gasteiger partial charge in [0.2, 0.25) is 15.9 Å². The summed E-state index contributed by atoms with van der Waals surface area (Å²) in [6, 6.07) is 14.4. The van der Waals surface area contributed by atoms with Crippen LogP contribution in [0.25, 0.3) is 10.2 Å². The van der Waals surface area contributed by atoms with Crippen molar-refractivity contribution in [1.82, 2.24) is 14.6 Å². The molecular formula is C20H23N3O3S3. The average molecular weight is 450 g/mol. The standard InChI is InChI=1S/C20H23N3O3S3/c1-14(15-8-10-16(11-9-15)29(25,26)23(2)3)21-19(24)12-27-13-20-22-17-6-4-5-7-18(17)28-20/h4-11,14H,12-13H2,1-3H3,(H,21,24). The fourth-order valence-electron chi connectivity index (χ4n) is 2.72. The van der Waals surface area contributed by atoms with E-state index in [-0.39, 0.29) is 16.8 Å². The summed E-state index contributed by atoms with van der Waals surface area (Å²) >= 11 is 3.18. The van der Waals surface area contributed by atoms with Gasteiger partial charge in [-0.2, -0.15) is 0 Å². The zero-order chi connectivity index (χ0) is 21.0. The Bertz CT molecular complexity index is 1060. The van der Waals surface area contributed by atoms with Gasteiger partial charge in [-0.05, 0) is 36.8 Å². The lowest BCUT2D eigenvalue weighted by molar-refractivity contribution is -0.119. The zero-order valence-electron chi connectivity index (χ0n) is 16.5. The van der Waals surface area contributed by atoms with E-state index in [9.17, 15) is 13.2 Å². The van der Waals surface area contributed by atoms with Crippen molar-refractivity contribution in [2.24, 2.45) is 0 Å². The molecule has 0 saturated heterocycles. The Labute approximate surface area is 179 Å². The number of benzene rings is 2. The van der Waals surface area contributed by atoms with Gasteiger partial charge < -0.3 is 5.32 Å². The summed E-state index contributed by atoms with van der Waals surface area (Å²) < 4.78 is 26.6. The number of thioether (sulfide) groups is 1. The van der Waals surface area contributed by atoms with Gasteiger partial charge in [0.1, 0.15) is 5.01 Å². The number of hydrogen-bond donors (Lipinski definition) is 1. The van der Waals surface area contributed by atoms with Crippen LogP contribution in [0.1, 0.15) is 23.5 Å². The number of rotatable bonds is 8. The number of hydrogen-bond acceptors (Lipinski definition) is 6. The lowest BCUT2D eigenvalue weighted by atomic mass is 10.1. The second-order valence-electron chi connectivity index (χ2n) is 6.71. The fraction of sp³-hybridized carbons (Fsp3) is 0.300. The summed E-state index contributed by atoms with van der Waals surface area (Å²) in [7, 11) is -0.457. The molecule has 3 aromatic rings. The van der Waals surface area contributed by atoms with Crippen LogP contribution in [-0.2, 0) is 20.6 Å². The molecule has 1 N–H and O–H groups in total. The van der Waals surface area contributed by atoms with Crippen LogP contribution >= 0.6 is 23.1 Å². The van der Waals surface area contributed by atoms with Crippen LogP contribution in [0.3, 0.4) is 0 Å². The lowest BCUT2D eigenvalue weighted by Gasteiger charge is -2.16. The third-order valence-corrected chi connectivity index (χ3v) is 8.33. The molecule has 1 amide bonds. The van der Waals surface area contributed by atoms with Crippen molar-refractivity contribution in [3.05, 3.63) is 59.1 Å². The molecule has 0 aliphatic rings. The quantitative estimate of drug-likeness (QED) is 0.568. The van der Waals surface area contributed by atoms with Gasteiger partial charge in [-0.3, -0.25) is 4.79 Å². The van der Waals surface area contributed by atoms with Crippen molar-refractivity contribution in [1.29, 1.82) is 0 Å². The summed E-state index contributed by atoms with van der Waals surface area (Å²) in [6.07, 6.45) is 0. The highest BCUT2D eigenvalue weighted by Gasteiger charge is 2.18. The minimum absolute atomic E-state index is 0.0615. The summed E-state index contributed by atoms with van der Waals surface area (Å²) in [5, 5.41) is 3.96. The molecule has 0 aliphatic carbocycles. The van der Waals surface area contributed by atoms with Crippen molar-refractivity contribution in [3.8, 4) is 0 Å². The highest BCUT2D eigenvalue weighted by atomic mass is 32.2. The number of nitrogens with zero attached hydrogens (tertiary/aromatic N) is 2. The molecule has 29 heavy (non-hydrogen) atoms. The number of fused-ring (bicyclic) bond motifs is 1. The number of thiazole rings is 1. The van der Waals surface area contributed by atoms with E-state index in [0.29, 0.717) is 11.5 Å². The maximum Gasteiger partial charge on any atom is 0.242 e. The minimum Gasteiger partial charge on any atom is -0.349 e. The monoisotopic (exact) mass is 449 g/mol. The van der Waals surface area contributed by atoms with Crippen LogP contribution in [0.4, 0.5) is 0 Å². The summed E-state index contributed by atoms with van der Waals surface area (Å²) in [5.41, 5.74) is 1.85. The summed E-state index contributed by atoms with van der Waals surface area (Å²) in [4.78, 5) is 17.1. The predicted molar refractivity (Wildman–Crippen MR) is 120 cm³/mol. The molecule has 154 valence electrons. The minimum atomic E-state index is -3.45. The lowest BCUT2D eigenvalue weighted by Crippen LogP contribution is -2.28. The molecule has 0 spiro atoms. The molecule has 0 aliphatic heterocycles. The van der Waals surface area contributed by atoms with Crippen molar-refractivity contribution in [3.63, 3.8) is 0 Å². The number of para-hydroxylation sites is 1. The Morgan fingerprint density at radius 1 is 1.17 bits per heavy atom. The number of amides is 1. The Kier molecular flexibility index (Phi) is 6.94. The first-order valence-electron chi connectivity index (χ1n) is 9.01. The van der Waals surface area contributed by atoms with Gasteiger partial charge in [0, 0.05) is 19.8 Å². The molecular weight excluding hydrogens is 426 g/mol. The highest BCUT2D eigenvalue weighted by Crippen LogP contribution is 2.25. The molecule has 0 bridgehead atoms. The Morgan fingerprint density at radius 3 is 2.52 bits per heavy atom. The molecule has 9 heteroatoms. The third kappa shape index (κ3) is 5.36. The average Bonchev–Trinajstić information content (AvgIpc) is 3.10. The molecule has 1 heterocycles. The molecule has 0 fully saturated rings. The predicted octanol–water partition coefficient (Wildman–Crippen LogP) is 3.66. The van der Waals surface area contributed by atoms with Crippen molar-refractivity contribution < 1.29 is 13.2 Å². The summed E-state index contributed by atoms with van der Waals surface area (Å²) in [6.45, 7) is 1.88. The first-order valence-corrected chi connectivity index (χ1v) is 12.4. The van der Waals surface area contributed by atoms with Crippen LogP contribution in [-0.4, -0.2) is 43.5 Å². The second kappa shape index (κ2) is 9.25.